The Hall–Kier alpha value is -2.15. The maximum atomic E-state index is 11.8. The number of nitrogens with zero attached hydrogens (tertiary/aromatic N) is 2. The molecule has 1 unspecified atom stereocenters. The van der Waals surface area contributed by atoms with Gasteiger partial charge in [0.2, 0.25) is 17.7 Å². The number of oxazole rings is 1. The quantitative estimate of drug-likeness (QED) is 0.872. The Labute approximate surface area is 125 Å². The molecule has 21 heavy (non-hydrogen) atoms. The van der Waals surface area contributed by atoms with Crippen molar-refractivity contribution in [2.24, 2.45) is 0 Å². The highest BCUT2D eigenvalue weighted by molar-refractivity contribution is 8.00. The predicted octanol–water partition coefficient (Wildman–Crippen LogP) is 1.94. The minimum absolute atomic E-state index is 0.214. The lowest BCUT2D eigenvalue weighted by Crippen LogP contribution is -2.42. The lowest BCUT2D eigenvalue weighted by atomic mass is 10.1. The van der Waals surface area contributed by atoms with Crippen LogP contribution in [-0.2, 0) is 9.59 Å². The number of aromatic nitrogens is 2. The Kier molecular flexibility index (Phi) is 3.74. The van der Waals surface area contributed by atoms with Gasteiger partial charge in [0.1, 0.15) is 6.26 Å². The monoisotopic (exact) mass is 303 g/mol. The molecule has 1 saturated heterocycles. The van der Waals surface area contributed by atoms with Gasteiger partial charge in [-0.2, -0.15) is 0 Å². The molecule has 1 aliphatic rings. The molecule has 6 nitrogen and oxygen atoms in total. The molecule has 0 bridgehead atoms. The summed E-state index contributed by atoms with van der Waals surface area (Å²) in [6.45, 7) is 1.85. The van der Waals surface area contributed by atoms with Gasteiger partial charge in [-0.15, -0.1) is 0 Å². The number of amides is 2. The van der Waals surface area contributed by atoms with Gasteiger partial charge in [-0.05, 0) is 25.5 Å². The van der Waals surface area contributed by atoms with Crippen molar-refractivity contribution in [1.82, 2.24) is 15.3 Å². The van der Waals surface area contributed by atoms with Crippen LogP contribution in [0.1, 0.15) is 18.5 Å². The van der Waals surface area contributed by atoms with Crippen LogP contribution in [-0.4, -0.2) is 27.0 Å². The fraction of sp³-hybridized carbons (Fsp3) is 0.286. The highest BCUT2D eigenvalue weighted by Crippen LogP contribution is 2.29. The fourth-order valence-electron chi connectivity index (χ4n) is 2.03. The highest BCUT2D eigenvalue weighted by Gasteiger charge is 2.27. The van der Waals surface area contributed by atoms with Crippen molar-refractivity contribution in [3.8, 4) is 11.5 Å². The second-order valence-electron chi connectivity index (χ2n) is 4.73. The number of carbonyl (C=O) groups excluding carboxylic acids is 2. The van der Waals surface area contributed by atoms with Crippen LogP contribution in [0.4, 0.5) is 0 Å². The van der Waals surface area contributed by atoms with Crippen LogP contribution in [0.3, 0.4) is 0 Å². The minimum atomic E-state index is -0.295. The van der Waals surface area contributed by atoms with Gasteiger partial charge in [-0.3, -0.25) is 14.9 Å². The molecule has 108 valence electrons. The molecule has 0 radical (unpaired) electrons. The second-order valence-corrected chi connectivity index (χ2v) is 5.96. The van der Waals surface area contributed by atoms with E-state index in [9.17, 15) is 9.59 Å². The summed E-state index contributed by atoms with van der Waals surface area (Å²) in [7, 11) is 0. The van der Waals surface area contributed by atoms with Crippen molar-refractivity contribution in [2.75, 3.05) is 0 Å². The van der Waals surface area contributed by atoms with E-state index in [1.807, 2.05) is 13.0 Å². The molecule has 1 fully saturated rings. The van der Waals surface area contributed by atoms with E-state index in [0.717, 1.165) is 11.3 Å². The van der Waals surface area contributed by atoms with E-state index in [-0.39, 0.29) is 17.1 Å². The van der Waals surface area contributed by atoms with Crippen LogP contribution in [0.2, 0.25) is 0 Å². The maximum Gasteiger partial charge on any atom is 0.240 e. The molecule has 2 aromatic rings. The largest absolute Gasteiger partial charge is 0.444 e. The van der Waals surface area contributed by atoms with Crippen LogP contribution < -0.4 is 5.32 Å². The summed E-state index contributed by atoms with van der Waals surface area (Å²) in [6.07, 6.45) is 4.13. The third kappa shape index (κ3) is 3.13. The Morgan fingerprint density at radius 1 is 1.43 bits per heavy atom. The van der Waals surface area contributed by atoms with Gasteiger partial charge in [-0.1, -0.05) is 11.8 Å². The van der Waals surface area contributed by atoms with E-state index in [1.165, 1.54) is 11.8 Å². The van der Waals surface area contributed by atoms with Gasteiger partial charge < -0.3 is 4.42 Å². The molecule has 1 atom stereocenters. The van der Waals surface area contributed by atoms with E-state index in [1.54, 1.807) is 18.5 Å². The van der Waals surface area contributed by atoms with Crippen LogP contribution in [0.5, 0.6) is 0 Å². The molecule has 1 N–H and O–H groups in total. The van der Waals surface area contributed by atoms with Gasteiger partial charge in [0.15, 0.2) is 0 Å². The molecule has 7 heteroatoms. The fourth-order valence-corrected chi connectivity index (χ4v) is 3.04. The molecule has 0 aliphatic carbocycles. The van der Waals surface area contributed by atoms with Crippen LogP contribution in [0, 0.1) is 6.92 Å². The molecule has 0 saturated carbocycles. The van der Waals surface area contributed by atoms with Crippen LogP contribution >= 0.6 is 11.8 Å². The number of hydrogen-bond acceptors (Lipinski definition) is 6. The molecule has 2 aromatic heterocycles. The maximum absolute atomic E-state index is 11.8. The van der Waals surface area contributed by atoms with E-state index in [2.05, 4.69) is 15.3 Å². The summed E-state index contributed by atoms with van der Waals surface area (Å²) in [4.78, 5) is 31.4. The predicted molar refractivity (Wildman–Crippen MR) is 76.5 cm³/mol. The van der Waals surface area contributed by atoms with Crippen molar-refractivity contribution in [3.05, 3.63) is 30.3 Å². The van der Waals surface area contributed by atoms with Crippen molar-refractivity contribution in [2.45, 2.75) is 30.0 Å². The third-order valence-corrected chi connectivity index (χ3v) is 4.25. The third-order valence-electron chi connectivity index (χ3n) is 3.05. The molecule has 3 rings (SSSR count). The van der Waals surface area contributed by atoms with Crippen molar-refractivity contribution < 1.29 is 14.0 Å². The average Bonchev–Trinajstić information content (AvgIpc) is 2.89. The highest BCUT2D eigenvalue weighted by atomic mass is 32.2. The summed E-state index contributed by atoms with van der Waals surface area (Å²) in [6, 6.07) is 3.64. The summed E-state index contributed by atoms with van der Waals surface area (Å²) in [5.41, 5.74) is 1.62. The van der Waals surface area contributed by atoms with Gasteiger partial charge in [0, 0.05) is 18.2 Å². The smallest absolute Gasteiger partial charge is 0.240 e. The van der Waals surface area contributed by atoms with Crippen molar-refractivity contribution in [1.29, 1.82) is 0 Å². The first-order valence-electron chi connectivity index (χ1n) is 6.51. The molecule has 0 aromatic carbocycles. The average molecular weight is 303 g/mol. The van der Waals surface area contributed by atoms with Gasteiger partial charge in [0.05, 0.1) is 16.0 Å². The topological polar surface area (TPSA) is 85.1 Å². The molecular formula is C14H13N3O3S. The summed E-state index contributed by atoms with van der Waals surface area (Å²) < 4.78 is 5.36. The Bertz CT molecular complexity index is 698. The molecule has 2 amide bonds. The lowest BCUT2D eigenvalue weighted by molar-refractivity contribution is -0.132. The zero-order valence-corrected chi connectivity index (χ0v) is 12.1. The Morgan fingerprint density at radius 2 is 2.29 bits per heavy atom. The number of nitrogens with one attached hydrogen (secondary N) is 1. The second kappa shape index (κ2) is 5.69. The summed E-state index contributed by atoms with van der Waals surface area (Å²) >= 11 is 1.35. The first kappa shape index (κ1) is 13.8. The van der Waals surface area contributed by atoms with Gasteiger partial charge in [-0.25, -0.2) is 9.97 Å². The molecular weight excluding hydrogens is 290 g/mol. The zero-order chi connectivity index (χ0) is 14.8. The standard InChI is InChI=1S/C14H13N3O3S/c1-8-7-20-14(16-8)9-4-5-15-12(6-9)21-10-2-3-11(18)17-13(10)19/h4-7,10H,2-3H2,1H3,(H,17,18,19). The number of rotatable bonds is 3. The van der Waals surface area contributed by atoms with Crippen LogP contribution in [0.25, 0.3) is 11.5 Å². The van der Waals surface area contributed by atoms with E-state index in [4.69, 9.17) is 4.42 Å². The normalized spacial score (nSPS) is 18.6. The minimum Gasteiger partial charge on any atom is -0.444 e. The summed E-state index contributed by atoms with van der Waals surface area (Å²) in [5.74, 6) is 0.0595. The Balaban J connectivity index is 1.77. The first-order chi connectivity index (χ1) is 10.1. The summed E-state index contributed by atoms with van der Waals surface area (Å²) in [5, 5.41) is 2.75. The number of hydrogen-bond donors (Lipinski definition) is 1. The van der Waals surface area contributed by atoms with E-state index < -0.39 is 0 Å². The van der Waals surface area contributed by atoms with Gasteiger partial charge in [0.25, 0.3) is 0 Å². The van der Waals surface area contributed by atoms with Crippen molar-refractivity contribution in [3.63, 3.8) is 0 Å². The lowest BCUT2D eigenvalue weighted by Gasteiger charge is -2.19. The molecule has 0 spiro atoms. The Morgan fingerprint density at radius 3 is 3.00 bits per heavy atom. The number of carbonyl (C=O) groups is 2. The number of aryl methyl sites for hydroxylation is 1. The van der Waals surface area contributed by atoms with E-state index in [0.29, 0.717) is 23.8 Å². The number of pyridine rings is 1. The SMILES string of the molecule is Cc1coc(-c2ccnc(SC3CCC(=O)NC3=O)c2)n1. The number of piperidine rings is 1. The first-order valence-corrected chi connectivity index (χ1v) is 7.39. The van der Waals surface area contributed by atoms with Gasteiger partial charge >= 0.3 is 0 Å². The van der Waals surface area contributed by atoms with Crippen LogP contribution in [0.15, 0.2) is 34.0 Å². The zero-order valence-electron chi connectivity index (χ0n) is 11.3. The van der Waals surface area contributed by atoms with E-state index >= 15 is 0 Å². The van der Waals surface area contributed by atoms with Crippen molar-refractivity contribution >= 4 is 23.6 Å². The molecule has 1 aliphatic heterocycles. The molecule has 3 heterocycles. The number of thioether (sulfide) groups is 1. The number of imide groups is 1.